The Kier molecular flexibility index (Phi) is 4.89. The first-order valence-electron chi connectivity index (χ1n) is 11.0. The molecule has 1 saturated heterocycles. The van der Waals surface area contributed by atoms with Gasteiger partial charge >= 0.3 is 0 Å². The smallest absolute Gasteiger partial charge is 0.0352 e. The summed E-state index contributed by atoms with van der Waals surface area (Å²) in [5.41, 5.74) is 5.02. The van der Waals surface area contributed by atoms with Gasteiger partial charge < -0.3 is 4.90 Å². The number of nitrogens with zero attached hydrogens (tertiary/aromatic N) is 1. The monoisotopic (exact) mass is 373 g/mol. The van der Waals surface area contributed by atoms with E-state index in [0.29, 0.717) is 5.92 Å². The van der Waals surface area contributed by atoms with Crippen molar-refractivity contribution in [3.63, 3.8) is 0 Å². The number of benzene rings is 2. The number of allylic oxidation sites excluding steroid dienone is 4. The molecule has 0 radical (unpaired) electrons. The molecule has 1 aliphatic heterocycles. The summed E-state index contributed by atoms with van der Waals surface area (Å²) in [5, 5.41) is 2.70. The molecule has 28 heavy (non-hydrogen) atoms. The highest BCUT2D eigenvalue weighted by Crippen LogP contribution is 2.48. The molecule has 1 nitrogen and oxygen atoms in total. The van der Waals surface area contributed by atoms with E-state index in [1.165, 1.54) is 35.6 Å². The lowest BCUT2D eigenvalue weighted by molar-refractivity contribution is 0.197. The van der Waals surface area contributed by atoms with E-state index in [1.807, 2.05) is 0 Å². The van der Waals surface area contributed by atoms with Crippen LogP contribution in [0.1, 0.15) is 65.9 Å². The Hall–Kier alpha value is -2.02. The van der Waals surface area contributed by atoms with E-state index in [0.717, 1.165) is 13.0 Å². The molecule has 0 amide bonds. The van der Waals surface area contributed by atoms with Gasteiger partial charge in [-0.25, -0.2) is 0 Å². The SMILES string of the molecule is CCC1=C(N2CC(C)(c3ccc4ccccc4c3)CC2(C)C)[C@@H](CC)CC=C1. The van der Waals surface area contributed by atoms with Gasteiger partial charge in [-0.15, -0.1) is 0 Å². The molecular formula is C27H35N. The Morgan fingerprint density at radius 2 is 1.75 bits per heavy atom. The van der Waals surface area contributed by atoms with Crippen LogP contribution in [0.3, 0.4) is 0 Å². The molecule has 2 aromatic carbocycles. The minimum Gasteiger partial charge on any atom is -0.368 e. The van der Waals surface area contributed by atoms with Crippen molar-refractivity contribution in [3.8, 4) is 0 Å². The van der Waals surface area contributed by atoms with Crippen LogP contribution in [-0.2, 0) is 5.41 Å². The zero-order valence-electron chi connectivity index (χ0n) is 18.3. The third kappa shape index (κ3) is 3.19. The third-order valence-electron chi connectivity index (χ3n) is 7.13. The van der Waals surface area contributed by atoms with Crippen LogP contribution in [0.5, 0.6) is 0 Å². The molecule has 1 fully saturated rings. The number of likely N-dealkylation sites (tertiary alicyclic amines) is 1. The van der Waals surface area contributed by atoms with Crippen molar-refractivity contribution < 1.29 is 0 Å². The highest BCUT2D eigenvalue weighted by Gasteiger charge is 2.48. The minimum absolute atomic E-state index is 0.175. The quantitative estimate of drug-likeness (QED) is 0.546. The lowest BCUT2D eigenvalue weighted by atomic mass is 9.77. The Morgan fingerprint density at radius 3 is 2.46 bits per heavy atom. The molecule has 1 heterocycles. The summed E-state index contributed by atoms with van der Waals surface area (Å²) in [5.74, 6) is 0.665. The molecule has 0 saturated carbocycles. The van der Waals surface area contributed by atoms with Gasteiger partial charge in [-0.05, 0) is 61.4 Å². The fraction of sp³-hybridized carbons (Fsp3) is 0.481. The average molecular weight is 374 g/mol. The Balaban J connectivity index is 1.75. The minimum atomic E-state index is 0.175. The van der Waals surface area contributed by atoms with Crippen LogP contribution < -0.4 is 0 Å². The normalized spacial score (nSPS) is 27.0. The number of rotatable bonds is 4. The molecule has 2 aliphatic rings. The first kappa shape index (κ1) is 19.3. The maximum Gasteiger partial charge on any atom is 0.0352 e. The summed E-state index contributed by atoms with van der Waals surface area (Å²) in [4.78, 5) is 2.78. The van der Waals surface area contributed by atoms with Crippen LogP contribution in [0.15, 0.2) is 65.9 Å². The molecule has 2 atom stereocenters. The van der Waals surface area contributed by atoms with E-state index in [2.05, 4.69) is 94.1 Å². The van der Waals surface area contributed by atoms with Gasteiger partial charge in [0.25, 0.3) is 0 Å². The second-order valence-electron chi connectivity index (χ2n) is 9.71. The maximum absolute atomic E-state index is 2.78. The topological polar surface area (TPSA) is 3.24 Å². The fourth-order valence-corrected chi connectivity index (χ4v) is 5.72. The van der Waals surface area contributed by atoms with Crippen molar-refractivity contribution in [2.45, 2.75) is 71.3 Å². The third-order valence-corrected chi connectivity index (χ3v) is 7.13. The Morgan fingerprint density at radius 1 is 1.00 bits per heavy atom. The fourth-order valence-electron chi connectivity index (χ4n) is 5.72. The molecule has 0 N–H and O–H groups in total. The van der Waals surface area contributed by atoms with Gasteiger partial charge in [0.2, 0.25) is 0 Å². The van der Waals surface area contributed by atoms with E-state index in [4.69, 9.17) is 0 Å². The first-order valence-corrected chi connectivity index (χ1v) is 11.0. The predicted octanol–water partition coefficient (Wildman–Crippen LogP) is 7.23. The summed E-state index contributed by atoms with van der Waals surface area (Å²) < 4.78 is 0. The summed E-state index contributed by atoms with van der Waals surface area (Å²) in [6, 6.07) is 15.8. The van der Waals surface area contributed by atoms with Gasteiger partial charge in [0.15, 0.2) is 0 Å². The number of hydrogen-bond acceptors (Lipinski definition) is 1. The zero-order valence-corrected chi connectivity index (χ0v) is 18.3. The summed E-state index contributed by atoms with van der Waals surface area (Å²) in [6.07, 6.45) is 9.52. The molecule has 1 heteroatoms. The highest BCUT2D eigenvalue weighted by molar-refractivity contribution is 5.83. The molecule has 0 bridgehead atoms. The molecule has 0 spiro atoms. The predicted molar refractivity (Wildman–Crippen MR) is 122 cm³/mol. The van der Waals surface area contributed by atoms with Crippen molar-refractivity contribution >= 4 is 10.8 Å². The van der Waals surface area contributed by atoms with E-state index < -0.39 is 0 Å². The lowest BCUT2D eigenvalue weighted by Crippen LogP contribution is -2.40. The summed E-state index contributed by atoms with van der Waals surface area (Å²) in [7, 11) is 0. The van der Waals surface area contributed by atoms with Crippen LogP contribution in [0.25, 0.3) is 10.8 Å². The van der Waals surface area contributed by atoms with Crippen LogP contribution in [0.4, 0.5) is 0 Å². The second-order valence-corrected chi connectivity index (χ2v) is 9.71. The summed E-state index contributed by atoms with van der Waals surface area (Å²) in [6.45, 7) is 13.1. The molecule has 1 aliphatic carbocycles. The van der Waals surface area contributed by atoms with Crippen molar-refractivity contribution in [1.29, 1.82) is 0 Å². The van der Waals surface area contributed by atoms with Gasteiger partial charge in [0.1, 0.15) is 0 Å². The van der Waals surface area contributed by atoms with Gasteiger partial charge in [0.05, 0.1) is 0 Å². The zero-order chi connectivity index (χ0) is 19.9. The average Bonchev–Trinajstić information content (AvgIpc) is 2.96. The van der Waals surface area contributed by atoms with Crippen molar-refractivity contribution in [3.05, 3.63) is 71.5 Å². The van der Waals surface area contributed by atoms with Crippen LogP contribution in [0.2, 0.25) is 0 Å². The number of hydrogen-bond donors (Lipinski definition) is 0. The Labute approximate surface area is 171 Å². The van der Waals surface area contributed by atoms with Crippen LogP contribution in [-0.4, -0.2) is 17.0 Å². The van der Waals surface area contributed by atoms with Crippen LogP contribution in [0, 0.1) is 5.92 Å². The van der Waals surface area contributed by atoms with Crippen molar-refractivity contribution in [2.24, 2.45) is 5.92 Å². The molecule has 4 rings (SSSR count). The summed E-state index contributed by atoms with van der Waals surface area (Å²) >= 11 is 0. The van der Waals surface area contributed by atoms with E-state index in [1.54, 1.807) is 11.3 Å². The second kappa shape index (κ2) is 7.10. The molecular weight excluding hydrogens is 338 g/mol. The van der Waals surface area contributed by atoms with E-state index in [-0.39, 0.29) is 11.0 Å². The van der Waals surface area contributed by atoms with Crippen LogP contribution >= 0.6 is 0 Å². The standard InChI is InChI=1S/C27H35N/c1-6-20-13-10-14-21(7-2)25(20)28-19-27(5,18-26(28,3)4)24-16-15-22-11-8-9-12-23(22)17-24/h8-13,15-17,21H,6-7,14,18-19H2,1-5H3/t21-,27?/m0/s1. The number of fused-ring (bicyclic) bond motifs is 1. The lowest BCUT2D eigenvalue weighted by Gasteiger charge is -2.41. The maximum atomic E-state index is 2.78. The highest BCUT2D eigenvalue weighted by atomic mass is 15.2. The van der Waals surface area contributed by atoms with Gasteiger partial charge in [-0.3, -0.25) is 0 Å². The largest absolute Gasteiger partial charge is 0.368 e. The molecule has 0 aromatic heterocycles. The molecule has 1 unspecified atom stereocenters. The molecule has 2 aromatic rings. The Bertz CT molecular complexity index is 932. The van der Waals surface area contributed by atoms with Gasteiger partial charge in [-0.1, -0.05) is 75.4 Å². The van der Waals surface area contributed by atoms with E-state index in [9.17, 15) is 0 Å². The van der Waals surface area contributed by atoms with Gasteiger partial charge in [-0.2, -0.15) is 0 Å². The first-order chi connectivity index (χ1) is 13.4. The van der Waals surface area contributed by atoms with Gasteiger partial charge in [0, 0.05) is 29.1 Å². The molecule has 148 valence electrons. The van der Waals surface area contributed by atoms with Crippen molar-refractivity contribution in [2.75, 3.05) is 6.54 Å². The van der Waals surface area contributed by atoms with E-state index >= 15 is 0 Å². The van der Waals surface area contributed by atoms with Crippen molar-refractivity contribution in [1.82, 2.24) is 4.90 Å².